The van der Waals surface area contributed by atoms with Crippen LogP contribution in [0.1, 0.15) is 33.1 Å². The molecule has 0 saturated carbocycles. The van der Waals surface area contributed by atoms with Crippen LogP contribution in [0, 0.1) is 12.7 Å². The zero-order chi connectivity index (χ0) is 18.8. The minimum atomic E-state index is -0.368. The fourth-order valence-corrected chi connectivity index (χ4v) is 5.47. The summed E-state index contributed by atoms with van der Waals surface area (Å²) >= 11 is 3.32. The van der Waals surface area contributed by atoms with E-state index in [-0.39, 0.29) is 28.3 Å². The van der Waals surface area contributed by atoms with Crippen molar-refractivity contribution in [2.75, 3.05) is 20.1 Å². The van der Waals surface area contributed by atoms with Crippen molar-refractivity contribution in [2.45, 2.75) is 24.5 Å². The van der Waals surface area contributed by atoms with Gasteiger partial charge in [0.25, 0.3) is 5.91 Å². The third-order valence-corrected chi connectivity index (χ3v) is 7.07. The normalized spacial score (nSPS) is 19.8. The molecular formula is C19H21FN2O2S2. The molecule has 2 heterocycles. The summed E-state index contributed by atoms with van der Waals surface area (Å²) < 4.78 is 13.0. The number of thioether (sulfide) groups is 1. The van der Waals surface area contributed by atoms with Crippen molar-refractivity contribution in [1.82, 2.24) is 9.80 Å². The van der Waals surface area contributed by atoms with Gasteiger partial charge in [-0.05, 0) is 55.1 Å². The smallest absolute Gasteiger partial charge is 0.253 e. The summed E-state index contributed by atoms with van der Waals surface area (Å²) in [7, 11) is 1.70. The first-order chi connectivity index (χ1) is 12.4. The molecule has 0 radical (unpaired) electrons. The number of amides is 2. The molecule has 1 aliphatic rings. The first-order valence-electron chi connectivity index (χ1n) is 8.39. The zero-order valence-corrected chi connectivity index (χ0v) is 16.6. The number of hydrogen-bond donors (Lipinski definition) is 0. The van der Waals surface area contributed by atoms with Gasteiger partial charge in [0.1, 0.15) is 11.2 Å². The van der Waals surface area contributed by atoms with Crippen LogP contribution in [0.2, 0.25) is 0 Å². The molecule has 4 nitrogen and oxygen atoms in total. The predicted octanol–water partition coefficient (Wildman–Crippen LogP) is 3.93. The third kappa shape index (κ3) is 3.78. The summed E-state index contributed by atoms with van der Waals surface area (Å²) in [6.07, 6.45) is 0. The minimum Gasteiger partial charge on any atom is -0.340 e. The first kappa shape index (κ1) is 18.9. The van der Waals surface area contributed by atoms with E-state index in [0.717, 1.165) is 0 Å². The second-order valence-corrected chi connectivity index (χ2v) is 8.74. The molecule has 0 N–H and O–H groups in total. The molecule has 26 heavy (non-hydrogen) atoms. The molecule has 1 fully saturated rings. The largest absolute Gasteiger partial charge is 0.340 e. The van der Waals surface area contributed by atoms with E-state index in [0.29, 0.717) is 18.7 Å². The molecule has 2 atom stereocenters. The van der Waals surface area contributed by atoms with E-state index in [2.05, 4.69) is 13.0 Å². The third-order valence-electron chi connectivity index (χ3n) is 4.49. The lowest BCUT2D eigenvalue weighted by Gasteiger charge is -2.26. The monoisotopic (exact) mass is 392 g/mol. The quantitative estimate of drug-likeness (QED) is 0.774. The second-order valence-electron chi connectivity index (χ2n) is 6.36. The number of rotatable bonds is 5. The number of carbonyl (C=O) groups is 2. The Balaban J connectivity index is 1.68. The molecule has 0 bridgehead atoms. The van der Waals surface area contributed by atoms with Gasteiger partial charge in [-0.15, -0.1) is 23.1 Å². The molecule has 1 aromatic heterocycles. The summed E-state index contributed by atoms with van der Waals surface area (Å²) in [4.78, 5) is 29.7. The zero-order valence-electron chi connectivity index (χ0n) is 14.9. The van der Waals surface area contributed by atoms with E-state index >= 15 is 0 Å². The maximum atomic E-state index is 13.0. The topological polar surface area (TPSA) is 40.6 Å². The highest BCUT2D eigenvalue weighted by Gasteiger charge is 2.39. The maximum Gasteiger partial charge on any atom is 0.253 e. The molecule has 2 aromatic rings. The van der Waals surface area contributed by atoms with Crippen LogP contribution in [-0.4, -0.2) is 47.0 Å². The Morgan fingerprint density at radius 3 is 2.58 bits per heavy atom. The SMILES string of the molecule is Cc1ccsc1[C@H]1S[C@@H](C)C(=O)N1CCN(C)C(=O)c1ccc(F)cc1. The summed E-state index contributed by atoms with van der Waals surface area (Å²) in [6.45, 7) is 4.89. The number of thiophene rings is 1. The highest BCUT2D eigenvalue weighted by molar-refractivity contribution is 8.01. The Morgan fingerprint density at radius 2 is 1.96 bits per heavy atom. The number of nitrogens with zero attached hydrogens (tertiary/aromatic N) is 2. The van der Waals surface area contributed by atoms with Crippen LogP contribution in [0.25, 0.3) is 0 Å². The molecule has 1 saturated heterocycles. The molecule has 1 aliphatic heterocycles. The van der Waals surface area contributed by atoms with Crippen molar-refractivity contribution in [3.05, 3.63) is 57.5 Å². The number of likely N-dealkylation sites (N-methyl/N-ethyl adjacent to an activating group) is 1. The Kier molecular flexibility index (Phi) is 5.67. The standard InChI is InChI=1S/C19H21FN2O2S2/c1-12-8-11-25-16(12)19-22(17(23)13(2)26-19)10-9-21(3)18(24)14-4-6-15(20)7-5-14/h4-8,11,13,19H,9-10H2,1-3H3/t13-,19+/m0/s1. The maximum absolute atomic E-state index is 13.0. The summed E-state index contributed by atoms with van der Waals surface area (Å²) in [5.41, 5.74) is 1.63. The van der Waals surface area contributed by atoms with Gasteiger partial charge in [-0.1, -0.05) is 0 Å². The van der Waals surface area contributed by atoms with E-state index < -0.39 is 0 Å². The number of aryl methyl sites for hydroxylation is 1. The van der Waals surface area contributed by atoms with Gasteiger partial charge in [0, 0.05) is 30.6 Å². The Bertz CT molecular complexity index is 806. The summed E-state index contributed by atoms with van der Waals surface area (Å²) in [6, 6.07) is 7.57. The predicted molar refractivity (Wildman–Crippen MR) is 104 cm³/mol. The lowest BCUT2D eigenvalue weighted by atomic mass is 10.2. The van der Waals surface area contributed by atoms with Gasteiger partial charge < -0.3 is 9.80 Å². The highest BCUT2D eigenvalue weighted by Crippen LogP contribution is 2.45. The van der Waals surface area contributed by atoms with Gasteiger partial charge in [0.2, 0.25) is 5.91 Å². The van der Waals surface area contributed by atoms with E-state index in [4.69, 9.17) is 0 Å². The number of carbonyl (C=O) groups excluding carboxylic acids is 2. The molecule has 3 rings (SSSR count). The van der Waals surface area contributed by atoms with Crippen molar-refractivity contribution in [2.24, 2.45) is 0 Å². The van der Waals surface area contributed by atoms with E-state index in [1.165, 1.54) is 34.7 Å². The van der Waals surface area contributed by atoms with Crippen LogP contribution < -0.4 is 0 Å². The minimum absolute atomic E-state index is 0.00632. The lowest BCUT2D eigenvalue weighted by molar-refractivity contribution is -0.129. The van der Waals surface area contributed by atoms with Gasteiger partial charge in [-0.3, -0.25) is 9.59 Å². The summed E-state index contributed by atoms with van der Waals surface area (Å²) in [5.74, 6) is -0.441. The molecule has 0 aliphatic carbocycles. The molecule has 1 aromatic carbocycles. The van der Waals surface area contributed by atoms with Crippen LogP contribution >= 0.6 is 23.1 Å². The average molecular weight is 393 g/mol. The van der Waals surface area contributed by atoms with Crippen LogP contribution in [0.15, 0.2) is 35.7 Å². The highest BCUT2D eigenvalue weighted by atomic mass is 32.2. The number of halogens is 1. The first-order valence-corrected chi connectivity index (χ1v) is 10.2. The van der Waals surface area contributed by atoms with Crippen LogP contribution in [0.5, 0.6) is 0 Å². The van der Waals surface area contributed by atoms with Crippen LogP contribution in [0.3, 0.4) is 0 Å². The van der Waals surface area contributed by atoms with E-state index in [1.54, 1.807) is 35.0 Å². The van der Waals surface area contributed by atoms with Crippen molar-refractivity contribution in [3.63, 3.8) is 0 Å². The van der Waals surface area contributed by atoms with E-state index in [9.17, 15) is 14.0 Å². The van der Waals surface area contributed by atoms with Crippen LogP contribution in [0.4, 0.5) is 4.39 Å². The number of hydrogen-bond acceptors (Lipinski definition) is 4. The molecule has 2 amide bonds. The van der Waals surface area contributed by atoms with Crippen molar-refractivity contribution in [3.8, 4) is 0 Å². The number of benzene rings is 1. The molecule has 0 spiro atoms. The second kappa shape index (κ2) is 7.80. The van der Waals surface area contributed by atoms with Crippen LogP contribution in [-0.2, 0) is 4.79 Å². The summed E-state index contributed by atoms with van der Waals surface area (Å²) in [5, 5.41) is 1.97. The van der Waals surface area contributed by atoms with Gasteiger partial charge in [0.05, 0.1) is 5.25 Å². The van der Waals surface area contributed by atoms with Gasteiger partial charge in [-0.2, -0.15) is 0 Å². The Morgan fingerprint density at radius 1 is 1.27 bits per heavy atom. The van der Waals surface area contributed by atoms with Crippen molar-refractivity contribution in [1.29, 1.82) is 0 Å². The average Bonchev–Trinajstić information content (AvgIpc) is 3.16. The van der Waals surface area contributed by atoms with E-state index in [1.807, 2.05) is 17.2 Å². The van der Waals surface area contributed by atoms with Gasteiger partial charge >= 0.3 is 0 Å². The van der Waals surface area contributed by atoms with Gasteiger partial charge in [0.15, 0.2) is 0 Å². The Labute approximate surface area is 161 Å². The van der Waals surface area contributed by atoms with Gasteiger partial charge in [-0.25, -0.2) is 4.39 Å². The molecule has 0 unspecified atom stereocenters. The van der Waals surface area contributed by atoms with Crippen molar-refractivity contribution < 1.29 is 14.0 Å². The lowest BCUT2D eigenvalue weighted by Crippen LogP contribution is -2.39. The fourth-order valence-electron chi connectivity index (χ4n) is 2.91. The molecule has 138 valence electrons. The van der Waals surface area contributed by atoms with Crippen molar-refractivity contribution >= 4 is 34.9 Å². The molecule has 7 heteroatoms. The fraction of sp³-hybridized carbons (Fsp3) is 0.368. The molecular weight excluding hydrogens is 371 g/mol. The Hall–Kier alpha value is -1.86.